The van der Waals surface area contributed by atoms with Crippen molar-refractivity contribution in [2.24, 2.45) is 5.10 Å². The van der Waals surface area contributed by atoms with Gasteiger partial charge in [0.15, 0.2) is 24.7 Å². The summed E-state index contributed by atoms with van der Waals surface area (Å²) < 4.78 is 21.5. The SMILES string of the molecule is CCOC(=O)COc1ccc(/C=N/NC(=O)COc2c(C)cccc2C)cc1OCC. The van der Waals surface area contributed by atoms with E-state index < -0.39 is 5.97 Å². The van der Waals surface area contributed by atoms with Crippen molar-refractivity contribution in [3.8, 4) is 17.2 Å². The van der Waals surface area contributed by atoms with Crippen molar-refractivity contribution in [2.45, 2.75) is 27.7 Å². The minimum Gasteiger partial charge on any atom is -0.490 e. The number of rotatable bonds is 11. The van der Waals surface area contributed by atoms with Crippen molar-refractivity contribution in [1.29, 1.82) is 0 Å². The highest BCUT2D eigenvalue weighted by molar-refractivity contribution is 5.83. The van der Waals surface area contributed by atoms with Crippen LogP contribution in [-0.4, -0.2) is 44.5 Å². The Hall–Kier alpha value is -3.55. The van der Waals surface area contributed by atoms with Crippen LogP contribution >= 0.6 is 0 Å². The number of para-hydroxylation sites is 1. The van der Waals surface area contributed by atoms with Crippen molar-refractivity contribution in [3.05, 3.63) is 53.1 Å². The van der Waals surface area contributed by atoms with E-state index >= 15 is 0 Å². The van der Waals surface area contributed by atoms with Gasteiger partial charge in [0.1, 0.15) is 5.75 Å². The molecule has 0 aliphatic rings. The quantitative estimate of drug-likeness (QED) is 0.336. The summed E-state index contributed by atoms with van der Waals surface area (Å²) in [7, 11) is 0. The molecule has 0 saturated heterocycles. The Morgan fingerprint density at radius 3 is 2.35 bits per heavy atom. The third-order valence-corrected chi connectivity index (χ3v) is 4.08. The summed E-state index contributed by atoms with van der Waals surface area (Å²) in [5.74, 6) is 0.736. The van der Waals surface area contributed by atoms with Gasteiger partial charge in [-0.05, 0) is 62.6 Å². The standard InChI is InChI=1S/C23H28N2O6/c1-5-28-20-12-18(10-11-19(20)30-15-22(27)29-6-2)13-24-25-21(26)14-31-23-16(3)8-7-9-17(23)4/h7-13H,5-6,14-15H2,1-4H3,(H,25,26)/b24-13+. The van der Waals surface area contributed by atoms with Crippen LogP contribution in [0.1, 0.15) is 30.5 Å². The zero-order valence-electron chi connectivity index (χ0n) is 18.3. The number of carbonyl (C=O) groups is 2. The molecule has 8 nitrogen and oxygen atoms in total. The minimum absolute atomic E-state index is 0.145. The summed E-state index contributed by atoms with van der Waals surface area (Å²) in [4.78, 5) is 23.5. The molecule has 0 spiro atoms. The highest BCUT2D eigenvalue weighted by atomic mass is 16.6. The van der Waals surface area contributed by atoms with Gasteiger partial charge in [-0.3, -0.25) is 4.79 Å². The van der Waals surface area contributed by atoms with Crippen LogP contribution in [0.15, 0.2) is 41.5 Å². The molecule has 0 radical (unpaired) electrons. The molecule has 1 N–H and O–H groups in total. The Bertz CT molecular complexity index is 906. The van der Waals surface area contributed by atoms with Gasteiger partial charge in [-0.25, -0.2) is 10.2 Å². The summed E-state index contributed by atoms with van der Waals surface area (Å²) >= 11 is 0. The van der Waals surface area contributed by atoms with Gasteiger partial charge >= 0.3 is 5.97 Å². The van der Waals surface area contributed by atoms with Gasteiger partial charge in [0.25, 0.3) is 5.91 Å². The summed E-state index contributed by atoms with van der Waals surface area (Å²) in [6.45, 7) is 7.77. The second-order valence-corrected chi connectivity index (χ2v) is 6.54. The monoisotopic (exact) mass is 428 g/mol. The average Bonchev–Trinajstić information content (AvgIpc) is 2.73. The smallest absolute Gasteiger partial charge is 0.344 e. The summed E-state index contributed by atoms with van der Waals surface area (Å²) in [5.41, 5.74) is 5.04. The molecule has 31 heavy (non-hydrogen) atoms. The van der Waals surface area contributed by atoms with Crippen molar-refractivity contribution in [2.75, 3.05) is 26.4 Å². The van der Waals surface area contributed by atoms with Crippen LogP contribution in [0.25, 0.3) is 0 Å². The highest BCUT2D eigenvalue weighted by Crippen LogP contribution is 2.28. The Morgan fingerprint density at radius 1 is 0.935 bits per heavy atom. The number of ether oxygens (including phenoxy) is 4. The number of benzene rings is 2. The minimum atomic E-state index is -0.457. The number of nitrogens with zero attached hydrogens (tertiary/aromatic N) is 1. The first-order valence-corrected chi connectivity index (χ1v) is 10.0. The zero-order valence-corrected chi connectivity index (χ0v) is 18.3. The largest absolute Gasteiger partial charge is 0.490 e. The van der Waals surface area contributed by atoms with Gasteiger partial charge in [0.2, 0.25) is 0 Å². The number of nitrogens with one attached hydrogen (secondary N) is 1. The molecule has 2 aromatic carbocycles. The van der Waals surface area contributed by atoms with E-state index in [1.807, 2.05) is 39.0 Å². The maximum absolute atomic E-state index is 12.0. The molecule has 0 heterocycles. The number of amides is 1. The lowest BCUT2D eigenvalue weighted by atomic mass is 10.1. The van der Waals surface area contributed by atoms with Crippen LogP contribution in [0.5, 0.6) is 17.2 Å². The number of carbonyl (C=O) groups excluding carboxylic acids is 2. The first-order chi connectivity index (χ1) is 14.9. The van der Waals surface area contributed by atoms with E-state index in [1.54, 1.807) is 25.1 Å². The Balaban J connectivity index is 1.92. The van der Waals surface area contributed by atoms with Crippen molar-refractivity contribution in [3.63, 3.8) is 0 Å². The third kappa shape index (κ3) is 7.65. The Morgan fingerprint density at radius 2 is 1.68 bits per heavy atom. The van der Waals surface area contributed by atoms with Crippen molar-refractivity contribution in [1.82, 2.24) is 5.43 Å². The normalized spacial score (nSPS) is 10.6. The van der Waals surface area contributed by atoms with E-state index in [-0.39, 0.29) is 25.7 Å². The molecule has 2 aromatic rings. The predicted octanol–water partition coefficient (Wildman–Crippen LogP) is 3.17. The molecular formula is C23H28N2O6. The van der Waals surface area contributed by atoms with E-state index in [4.69, 9.17) is 18.9 Å². The number of hydrogen-bond donors (Lipinski definition) is 1. The van der Waals surface area contributed by atoms with Gasteiger partial charge in [-0.1, -0.05) is 18.2 Å². The van der Waals surface area contributed by atoms with Crippen LogP contribution in [0.2, 0.25) is 0 Å². The van der Waals surface area contributed by atoms with Gasteiger partial charge in [0, 0.05) is 0 Å². The molecular weight excluding hydrogens is 400 g/mol. The first-order valence-electron chi connectivity index (χ1n) is 10.0. The molecule has 0 aliphatic heterocycles. The molecule has 166 valence electrons. The number of hydrogen-bond acceptors (Lipinski definition) is 7. The summed E-state index contributed by atoms with van der Waals surface area (Å²) in [6.07, 6.45) is 1.48. The van der Waals surface area contributed by atoms with Crippen LogP contribution < -0.4 is 19.6 Å². The number of aryl methyl sites for hydroxylation is 2. The molecule has 0 aliphatic carbocycles. The molecule has 0 saturated carbocycles. The molecule has 8 heteroatoms. The summed E-state index contributed by atoms with van der Waals surface area (Å²) in [5, 5.41) is 3.95. The van der Waals surface area contributed by atoms with Gasteiger partial charge in [0.05, 0.1) is 19.4 Å². The van der Waals surface area contributed by atoms with Gasteiger partial charge in [-0.15, -0.1) is 0 Å². The van der Waals surface area contributed by atoms with E-state index in [0.29, 0.717) is 29.4 Å². The third-order valence-electron chi connectivity index (χ3n) is 4.08. The molecule has 2 rings (SSSR count). The van der Waals surface area contributed by atoms with Crippen LogP contribution in [0.3, 0.4) is 0 Å². The Kier molecular flexibility index (Phi) is 9.35. The highest BCUT2D eigenvalue weighted by Gasteiger charge is 2.10. The predicted molar refractivity (Wildman–Crippen MR) is 117 cm³/mol. The number of esters is 1. The van der Waals surface area contributed by atoms with E-state index in [1.165, 1.54) is 6.21 Å². The van der Waals surface area contributed by atoms with Gasteiger partial charge < -0.3 is 18.9 Å². The fourth-order valence-corrected chi connectivity index (χ4v) is 2.71. The lowest BCUT2D eigenvalue weighted by Crippen LogP contribution is -2.25. The van der Waals surface area contributed by atoms with Crippen LogP contribution in [0, 0.1) is 13.8 Å². The maximum Gasteiger partial charge on any atom is 0.344 e. The topological polar surface area (TPSA) is 95.5 Å². The molecule has 1 amide bonds. The van der Waals surface area contributed by atoms with E-state index in [0.717, 1.165) is 11.1 Å². The zero-order chi connectivity index (χ0) is 22.6. The number of hydrazone groups is 1. The Labute approximate surface area is 182 Å². The molecule has 0 unspecified atom stereocenters. The molecule has 0 atom stereocenters. The lowest BCUT2D eigenvalue weighted by Gasteiger charge is -2.12. The second kappa shape index (κ2) is 12.2. The van der Waals surface area contributed by atoms with Gasteiger partial charge in [-0.2, -0.15) is 5.10 Å². The first kappa shape index (κ1) is 23.7. The van der Waals surface area contributed by atoms with E-state index in [2.05, 4.69) is 10.5 Å². The molecule has 0 fully saturated rings. The van der Waals surface area contributed by atoms with E-state index in [9.17, 15) is 9.59 Å². The molecule has 0 bridgehead atoms. The second-order valence-electron chi connectivity index (χ2n) is 6.54. The van der Waals surface area contributed by atoms with Crippen LogP contribution in [-0.2, 0) is 14.3 Å². The fourth-order valence-electron chi connectivity index (χ4n) is 2.71. The fraction of sp³-hybridized carbons (Fsp3) is 0.348. The summed E-state index contributed by atoms with van der Waals surface area (Å²) in [6, 6.07) is 10.9. The lowest BCUT2D eigenvalue weighted by molar-refractivity contribution is -0.145. The molecule has 0 aromatic heterocycles. The van der Waals surface area contributed by atoms with Crippen molar-refractivity contribution >= 4 is 18.1 Å². The van der Waals surface area contributed by atoms with Crippen LogP contribution in [0.4, 0.5) is 0 Å². The van der Waals surface area contributed by atoms with Crippen molar-refractivity contribution < 1.29 is 28.5 Å². The maximum atomic E-state index is 12.0. The average molecular weight is 428 g/mol.